The van der Waals surface area contributed by atoms with Crippen LogP contribution in [0.1, 0.15) is 21.5 Å². The number of nitrogens with one attached hydrogen (secondary N) is 1. The molecule has 0 aliphatic carbocycles. The third kappa shape index (κ3) is 4.24. The van der Waals surface area contributed by atoms with Gasteiger partial charge in [-0.3, -0.25) is 4.79 Å². The Morgan fingerprint density at radius 3 is 2.16 bits per heavy atom. The minimum Gasteiger partial charge on any atom is -0.362 e. The molecule has 0 spiro atoms. The van der Waals surface area contributed by atoms with E-state index in [0.717, 1.165) is 16.8 Å². The third-order valence-corrected chi connectivity index (χ3v) is 4.27. The summed E-state index contributed by atoms with van der Waals surface area (Å²) in [6.07, 6.45) is 3.25. The van der Waals surface area contributed by atoms with Gasteiger partial charge in [-0.2, -0.15) is 0 Å². The molecule has 124 valence electrons. The van der Waals surface area contributed by atoms with Gasteiger partial charge in [0.05, 0.1) is 0 Å². The molecule has 3 rings (SSSR count). The Labute approximate surface area is 148 Å². The highest BCUT2D eigenvalue weighted by molar-refractivity contribution is 6.04. The van der Waals surface area contributed by atoms with E-state index in [-0.39, 0.29) is 5.78 Å². The van der Waals surface area contributed by atoms with Crippen LogP contribution in [0.25, 0.3) is 11.1 Å². The van der Waals surface area contributed by atoms with Crippen molar-refractivity contribution in [2.45, 2.75) is 13.8 Å². The second-order valence-electron chi connectivity index (χ2n) is 6.08. The topological polar surface area (TPSA) is 29.1 Å². The number of ketones is 1. The number of carbonyl (C=O) groups is 1. The molecular weight excluding hydrogens is 306 g/mol. The average Bonchev–Trinajstić information content (AvgIpc) is 2.65. The summed E-state index contributed by atoms with van der Waals surface area (Å²) in [7, 11) is 0. The number of aryl methyl sites for hydroxylation is 2. The maximum absolute atomic E-state index is 12.3. The van der Waals surface area contributed by atoms with Crippen molar-refractivity contribution in [3.05, 3.63) is 102 Å². The molecule has 0 amide bonds. The fourth-order valence-corrected chi connectivity index (χ4v) is 2.60. The molecule has 3 aromatic rings. The second-order valence-corrected chi connectivity index (χ2v) is 6.08. The second kappa shape index (κ2) is 7.63. The molecule has 3 aromatic carbocycles. The molecule has 0 unspecified atom stereocenters. The van der Waals surface area contributed by atoms with Crippen molar-refractivity contribution in [3.8, 4) is 11.1 Å². The zero-order valence-electron chi connectivity index (χ0n) is 14.5. The Hall–Kier alpha value is -3.13. The van der Waals surface area contributed by atoms with E-state index in [1.807, 2.05) is 48.5 Å². The van der Waals surface area contributed by atoms with Crippen LogP contribution in [0.2, 0.25) is 0 Å². The van der Waals surface area contributed by atoms with E-state index in [9.17, 15) is 4.79 Å². The summed E-state index contributed by atoms with van der Waals surface area (Å²) >= 11 is 0. The minimum absolute atomic E-state index is 0.0176. The van der Waals surface area contributed by atoms with Crippen LogP contribution in [0.4, 0.5) is 5.69 Å². The Balaban J connectivity index is 1.65. The van der Waals surface area contributed by atoms with E-state index < -0.39 is 0 Å². The standard InChI is InChI=1S/C23H21NO/c1-17-8-13-22(16-18(17)2)24-15-14-23(25)21-11-9-20(10-12-21)19-6-4-3-5-7-19/h3-16,24H,1-2H3. The molecule has 25 heavy (non-hydrogen) atoms. The first-order valence-electron chi connectivity index (χ1n) is 8.33. The zero-order chi connectivity index (χ0) is 17.6. The maximum Gasteiger partial charge on any atom is 0.187 e. The molecule has 2 heteroatoms. The van der Waals surface area contributed by atoms with Gasteiger partial charge in [0.1, 0.15) is 0 Å². The Morgan fingerprint density at radius 1 is 0.800 bits per heavy atom. The molecule has 0 aliphatic heterocycles. The van der Waals surface area contributed by atoms with E-state index in [0.29, 0.717) is 5.56 Å². The van der Waals surface area contributed by atoms with E-state index >= 15 is 0 Å². The first kappa shape index (κ1) is 16.7. The summed E-state index contributed by atoms with van der Waals surface area (Å²) in [6.45, 7) is 4.15. The largest absolute Gasteiger partial charge is 0.362 e. The van der Waals surface area contributed by atoms with Crippen molar-refractivity contribution in [2.75, 3.05) is 5.32 Å². The number of carbonyl (C=O) groups excluding carboxylic acids is 1. The van der Waals surface area contributed by atoms with E-state index in [1.165, 1.54) is 11.1 Å². The van der Waals surface area contributed by atoms with Gasteiger partial charge in [0.2, 0.25) is 0 Å². The van der Waals surface area contributed by atoms with Gasteiger partial charge in [-0.1, -0.05) is 60.7 Å². The first-order valence-corrected chi connectivity index (χ1v) is 8.33. The zero-order valence-corrected chi connectivity index (χ0v) is 14.5. The first-order chi connectivity index (χ1) is 12.1. The van der Waals surface area contributed by atoms with Crippen molar-refractivity contribution < 1.29 is 4.79 Å². The lowest BCUT2D eigenvalue weighted by Gasteiger charge is -2.05. The summed E-state index contributed by atoms with van der Waals surface area (Å²) in [5.41, 5.74) is 6.39. The number of hydrogen-bond donors (Lipinski definition) is 1. The van der Waals surface area contributed by atoms with Gasteiger partial charge < -0.3 is 5.32 Å². The fraction of sp³-hybridized carbons (Fsp3) is 0.0870. The summed E-state index contributed by atoms with van der Waals surface area (Å²) in [5.74, 6) is -0.0176. The van der Waals surface area contributed by atoms with Crippen LogP contribution in [0.3, 0.4) is 0 Å². The number of anilines is 1. The van der Waals surface area contributed by atoms with Crippen LogP contribution < -0.4 is 5.32 Å². The molecule has 2 nitrogen and oxygen atoms in total. The van der Waals surface area contributed by atoms with Gasteiger partial charge in [-0.05, 0) is 48.2 Å². The van der Waals surface area contributed by atoms with Crippen molar-refractivity contribution in [2.24, 2.45) is 0 Å². The smallest absolute Gasteiger partial charge is 0.187 e. The Bertz CT molecular complexity index is 893. The third-order valence-electron chi connectivity index (χ3n) is 4.27. The van der Waals surface area contributed by atoms with Crippen LogP contribution in [0.15, 0.2) is 85.1 Å². The highest BCUT2D eigenvalue weighted by Gasteiger charge is 2.03. The quantitative estimate of drug-likeness (QED) is 0.475. The molecular formula is C23H21NO. The van der Waals surface area contributed by atoms with Gasteiger partial charge in [-0.15, -0.1) is 0 Å². The number of benzene rings is 3. The number of allylic oxidation sites excluding steroid dienone is 1. The molecule has 0 saturated heterocycles. The van der Waals surface area contributed by atoms with Crippen molar-refractivity contribution in [1.29, 1.82) is 0 Å². The lowest BCUT2D eigenvalue weighted by Crippen LogP contribution is -1.96. The van der Waals surface area contributed by atoms with Crippen molar-refractivity contribution >= 4 is 11.5 Å². The number of hydrogen-bond acceptors (Lipinski definition) is 2. The van der Waals surface area contributed by atoms with Crippen LogP contribution in [0, 0.1) is 13.8 Å². The normalized spacial score (nSPS) is 10.8. The van der Waals surface area contributed by atoms with Crippen LogP contribution >= 0.6 is 0 Å². The molecule has 0 radical (unpaired) electrons. The Morgan fingerprint density at radius 2 is 1.48 bits per heavy atom. The van der Waals surface area contributed by atoms with Crippen LogP contribution in [-0.4, -0.2) is 5.78 Å². The summed E-state index contributed by atoms with van der Waals surface area (Å²) < 4.78 is 0. The molecule has 0 saturated carbocycles. The fourth-order valence-electron chi connectivity index (χ4n) is 2.60. The molecule has 0 aromatic heterocycles. The molecule has 0 bridgehead atoms. The van der Waals surface area contributed by atoms with E-state index in [4.69, 9.17) is 0 Å². The minimum atomic E-state index is -0.0176. The Kier molecular flexibility index (Phi) is 5.10. The number of rotatable bonds is 5. The summed E-state index contributed by atoms with van der Waals surface area (Å²) in [5, 5.41) is 3.15. The molecule has 1 N–H and O–H groups in total. The molecule has 0 fully saturated rings. The van der Waals surface area contributed by atoms with Gasteiger partial charge in [0.15, 0.2) is 5.78 Å². The van der Waals surface area contributed by atoms with E-state index in [2.05, 4.69) is 43.4 Å². The highest BCUT2D eigenvalue weighted by atomic mass is 16.1. The van der Waals surface area contributed by atoms with Crippen LogP contribution in [-0.2, 0) is 0 Å². The molecule has 0 aliphatic rings. The lowest BCUT2D eigenvalue weighted by atomic mass is 10.0. The summed E-state index contributed by atoms with van der Waals surface area (Å²) in [4.78, 5) is 12.3. The van der Waals surface area contributed by atoms with E-state index in [1.54, 1.807) is 12.3 Å². The summed E-state index contributed by atoms with van der Waals surface area (Å²) in [6, 6.07) is 24.0. The lowest BCUT2D eigenvalue weighted by molar-refractivity contribution is 0.104. The highest BCUT2D eigenvalue weighted by Crippen LogP contribution is 2.19. The van der Waals surface area contributed by atoms with Crippen molar-refractivity contribution in [1.82, 2.24) is 0 Å². The van der Waals surface area contributed by atoms with Gasteiger partial charge in [0, 0.05) is 23.5 Å². The average molecular weight is 327 g/mol. The van der Waals surface area contributed by atoms with Gasteiger partial charge in [-0.25, -0.2) is 0 Å². The van der Waals surface area contributed by atoms with Gasteiger partial charge >= 0.3 is 0 Å². The molecule has 0 atom stereocenters. The predicted molar refractivity (Wildman–Crippen MR) is 105 cm³/mol. The van der Waals surface area contributed by atoms with Gasteiger partial charge in [0.25, 0.3) is 0 Å². The predicted octanol–water partition coefficient (Wildman–Crippen LogP) is 5.78. The van der Waals surface area contributed by atoms with Crippen molar-refractivity contribution in [3.63, 3.8) is 0 Å². The molecule has 0 heterocycles. The maximum atomic E-state index is 12.3. The SMILES string of the molecule is Cc1ccc(NC=CC(=O)c2ccc(-c3ccccc3)cc2)cc1C. The van der Waals surface area contributed by atoms with Crippen LogP contribution in [0.5, 0.6) is 0 Å². The monoisotopic (exact) mass is 327 g/mol.